The number of rotatable bonds is 6. The zero-order valence-corrected chi connectivity index (χ0v) is 12.0. The first kappa shape index (κ1) is 14.2. The van der Waals surface area contributed by atoms with Crippen LogP contribution in [-0.4, -0.2) is 38.0 Å². The molecule has 0 aromatic heterocycles. The van der Waals surface area contributed by atoms with Gasteiger partial charge in [0.05, 0.1) is 0 Å². The molecule has 94 valence electrons. The first-order chi connectivity index (χ1) is 8.15. The van der Waals surface area contributed by atoms with Gasteiger partial charge in [0.25, 0.3) is 0 Å². The van der Waals surface area contributed by atoms with Crippen LogP contribution in [0.3, 0.4) is 0 Å². The summed E-state index contributed by atoms with van der Waals surface area (Å²) < 4.78 is 1.11. The smallest absolute Gasteiger partial charge is 0.223 e. The van der Waals surface area contributed by atoms with Crippen molar-refractivity contribution in [3.8, 4) is 0 Å². The summed E-state index contributed by atoms with van der Waals surface area (Å²) in [6.07, 6.45) is 1.44. The molecule has 0 unspecified atom stereocenters. The van der Waals surface area contributed by atoms with E-state index in [4.69, 9.17) is 0 Å². The van der Waals surface area contributed by atoms with Crippen LogP contribution in [-0.2, 0) is 11.2 Å². The topological polar surface area (TPSA) is 32.3 Å². The van der Waals surface area contributed by atoms with E-state index in [9.17, 15) is 4.79 Å². The van der Waals surface area contributed by atoms with Gasteiger partial charge in [-0.3, -0.25) is 4.79 Å². The highest BCUT2D eigenvalue weighted by atomic mass is 79.9. The zero-order valence-electron chi connectivity index (χ0n) is 10.4. The largest absolute Gasteiger partial charge is 0.345 e. The number of halogens is 1. The van der Waals surface area contributed by atoms with Gasteiger partial charge in [0, 0.05) is 31.0 Å². The normalized spacial score (nSPS) is 10.3. The monoisotopic (exact) mass is 298 g/mol. The molecule has 1 rings (SSSR count). The van der Waals surface area contributed by atoms with E-state index in [1.165, 1.54) is 5.56 Å². The molecular weight excluding hydrogens is 280 g/mol. The molecule has 4 heteroatoms. The fourth-order valence-corrected chi connectivity index (χ4v) is 2.02. The Hall–Kier alpha value is -0.870. The maximum absolute atomic E-state index is 11.7. The molecule has 0 radical (unpaired) electrons. The number of benzene rings is 1. The van der Waals surface area contributed by atoms with Crippen LogP contribution in [0.15, 0.2) is 28.7 Å². The molecule has 0 aliphatic rings. The van der Waals surface area contributed by atoms with E-state index in [2.05, 4.69) is 27.3 Å². The van der Waals surface area contributed by atoms with Crippen LogP contribution >= 0.6 is 15.9 Å². The molecule has 0 fully saturated rings. The van der Waals surface area contributed by atoms with Gasteiger partial charge in [-0.25, -0.2) is 0 Å². The van der Waals surface area contributed by atoms with E-state index in [0.29, 0.717) is 6.42 Å². The first-order valence-corrected chi connectivity index (χ1v) is 6.56. The predicted molar refractivity (Wildman–Crippen MR) is 74.0 cm³/mol. The van der Waals surface area contributed by atoms with Crippen LogP contribution in [0, 0.1) is 0 Å². The lowest BCUT2D eigenvalue weighted by Crippen LogP contribution is -2.30. The maximum Gasteiger partial charge on any atom is 0.223 e. The minimum atomic E-state index is 0.186. The molecule has 0 spiro atoms. The molecular formula is C13H19BrN2O. The second kappa shape index (κ2) is 7.45. The second-order valence-electron chi connectivity index (χ2n) is 4.01. The molecule has 0 saturated heterocycles. The van der Waals surface area contributed by atoms with Gasteiger partial charge in [-0.05, 0) is 25.1 Å². The molecule has 1 amide bonds. The number of carbonyl (C=O) groups is 1. The predicted octanol–water partition coefficient (Wildman–Crippen LogP) is 2.06. The second-order valence-corrected chi connectivity index (χ2v) is 4.86. The number of amides is 1. The number of hydrogen-bond acceptors (Lipinski definition) is 2. The summed E-state index contributed by atoms with van der Waals surface area (Å²) in [5.41, 5.74) is 1.24. The van der Waals surface area contributed by atoms with E-state index in [-0.39, 0.29) is 5.91 Å². The summed E-state index contributed by atoms with van der Waals surface area (Å²) in [7, 11) is 3.71. The van der Waals surface area contributed by atoms with Gasteiger partial charge < -0.3 is 10.2 Å². The molecule has 0 heterocycles. The van der Waals surface area contributed by atoms with Crippen molar-refractivity contribution in [3.63, 3.8) is 0 Å². The molecule has 3 nitrogen and oxygen atoms in total. The summed E-state index contributed by atoms with van der Waals surface area (Å²) >= 11 is 3.51. The Morgan fingerprint density at radius 2 is 2.12 bits per heavy atom. The van der Waals surface area contributed by atoms with Crippen molar-refractivity contribution in [1.82, 2.24) is 10.2 Å². The van der Waals surface area contributed by atoms with Gasteiger partial charge in [0.15, 0.2) is 0 Å². The summed E-state index contributed by atoms with van der Waals surface area (Å²) in [5.74, 6) is 0.186. The Morgan fingerprint density at radius 3 is 2.76 bits per heavy atom. The summed E-state index contributed by atoms with van der Waals surface area (Å²) in [6, 6.07) is 8.12. The highest BCUT2D eigenvalue weighted by Gasteiger charge is 2.08. The summed E-state index contributed by atoms with van der Waals surface area (Å²) in [5, 5.41) is 2.98. The van der Waals surface area contributed by atoms with Gasteiger partial charge >= 0.3 is 0 Å². The van der Waals surface area contributed by atoms with Crippen LogP contribution < -0.4 is 5.32 Å². The van der Waals surface area contributed by atoms with E-state index < -0.39 is 0 Å². The Balaban J connectivity index is 2.40. The molecule has 0 bridgehead atoms. The molecule has 1 aromatic carbocycles. The van der Waals surface area contributed by atoms with Crippen molar-refractivity contribution in [2.75, 3.05) is 27.2 Å². The van der Waals surface area contributed by atoms with E-state index in [1.54, 1.807) is 4.90 Å². The number of likely N-dealkylation sites (N-methyl/N-ethyl adjacent to an activating group) is 1. The van der Waals surface area contributed by atoms with E-state index in [0.717, 1.165) is 24.0 Å². The standard InChI is InChI=1S/C13H19BrN2O/c1-15-9-7-13(17)16(2)10-8-11-5-3-4-6-12(11)14/h3-6,15H,7-10H2,1-2H3. The Morgan fingerprint density at radius 1 is 1.41 bits per heavy atom. The molecule has 17 heavy (non-hydrogen) atoms. The van der Waals surface area contributed by atoms with Gasteiger partial charge in [-0.15, -0.1) is 0 Å². The summed E-state index contributed by atoms with van der Waals surface area (Å²) in [6.45, 7) is 1.49. The Bertz CT molecular complexity index is 368. The number of carbonyl (C=O) groups excluding carboxylic acids is 1. The van der Waals surface area contributed by atoms with Crippen LogP contribution in [0.25, 0.3) is 0 Å². The van der Waals surface area contributed by atoms with Crippen molar-refractivity contribution in [1.29, 1.82) is 0 Å². The SMILES string of the molecule is CNCCC(=O)N(C)CCc1ccccc1Br. The van der Waals surface area contributed by atoms with Crippen LogP contribution in [0.5, 0.6) is 0 Å². The molecule has 0 aliphatic heterocycles. The van der Waals surface area contributed by atoms with Gasteiger partial charge in [0.2, 0.25) is 5.91 Å². The highest BCUT2D eigenvalue weighted by molar-refractivity contribution is 9.10. The Labute approximate surface area is 111 Å². The Kier molecular flexibility index (Phi) is 6.22. The number of nitrogens with one attached hydrogen (secondary N) is 1. The number of nitrogens with zero attached hydrogens (tertiary/aromatic N) is 1. The van der Waals surface area contributed by atoms with Crippen LogP contribution in [0.1, 0.15) is 12.0 Å². The van der Waals surface area contributed by atoms with E-state index >= 15 is 0 Å². The first-order valence-electron chi connectivity index (χ1n) is 5.77. The minimum absolute atomic E-state index is 0.186. The lowest BCUT2D eigenvalue weighted by atomic mass is 10.1. The van der Waals surface area contributed by atoms with Crippen LogP contribution in [0.2, 0.25) is 0 Å². The lowest BCUT2D eigenvalue weighted by Gasteiger charge is -2.17. The fourth-order valence-electron chi connectivity index (χ4n) is 1.54. The number of hydrogen-bond donors (Lipinski definition) is 1. The molecule has 1 aromatic rings. The van der Waals surface area contributed by atoms with Crippen molar-refractivity contribution in [2.24, 2.45) is 0 Å². The van der Waals surface area contributed by atoms with Crippen molar-refractivity contribution in [3.05, 3.63) is 34.3 Å². The van der Waals surface area contributed by atoms with Crippen molar-refractivity contribution < 1.29 is 4.79 Å². The molecule has 0 saturated carbocycles. The summed E-state index contributed by atoms with van der Waals surface area (Å²) in [4.78, 5) is 13.5. The minimum Gasteiger partial charge on any atom is -0.345 e. The highest BCUT2D eigenvalue weighted by Crippen LogP contribution is 2.16. The third-order valence-electron chi connectivity index (χ3n) is 2.69. The zero-order chi connectivity index (χ0) is 12.7. The quantitative estimate of drug-likeness (QED) is 0.872. The molecule has 0 aliphatic carbocycles. The van der Waals surface area contributed by atoms with Gasteiger partial charge in [0.1, 0.15) is 0 Å². The van der Waals surface area contributed by atoms with Crippen molar-refractivity contribution in [2.45, 2.75) is 12.8 Å². The van der Waals surface area contributed by atoms with Gasteiger partial charge in [-0.2, -0.15) is 0 Å². The van der Waals surface area contributed by atoms with Gasteiger partial charge in [-0.1, -0.05) is 34.1 Å². The third-order valence-corrected chi connectivity index (χ3v) is 3.46. The third kappa shape index (κ3) is 4.88. The van der Waals surface area contributed by atoms with Crippen LogP contribution in [0.4, 0.5) is 0 Å². The average Bonchev–Trinajstić information content (AvgIpc) is 2.34. The van der Waals surface area contributed by atoms with Crippen molar-refractivity contribution >= 4 is 21.8 Å². The average molecular weight is 299 g/mol. The fraction of sp³-hybridized carbons (Fsp3) is 0.462. The lowest BCUT2D eigenvalue weighted by molar-refractivity contribution is -0.129. The maximum atomic E-state index is 11.7. The molecule has 1 N–H and O–H groups in total. The molecule has 0 atom stereocenters. The van der Waals surface area contributed by atoms with E-state index in [1.807, 2.05) is 32.3 Å².